The van der Waals surface area contributed by atoms with Crippen LogP contribution in [-0.4, -0.2) is 11.8 Å². The van der Waals surface area contributed by atoms with E-state index >= 15 is 0 Å². The molecule has 0 radical (unpaired) electrons. The van der Waals surface area contributed by atoms with Gasteiger partial charge in [0.25, 0.3) is 0 Å². The second kappa shape index (κ2) is 4.04. The van der Waals surface area contributed by atoms with Crippen molar-refractivity contribution in [2.75, 3.05) is 0 Å². The zero-order valence-corrected chi connectivity index (χ0v) is 8.77. The number of cyclic esters (lactones) is 1. The van der Waals surface area contributed by atoms with Gasteiger partial charge in [0, 0.05) is 0 Å². The van der Waals surface area contributed by atoms with Crippen molar-refractivity contribution in [3.63, 3.8) is 0 Å². The second-order valence-electron chi connectivity index (χ2n) is 3.88. The normalized spacial score (nSPS) is 24.2. The maximum Gasteiger partial charge on any atom is 0.307 e. The molecule has 1 fully saturated rings. The standard InChI is InChI=1S/C12H11FO3/c1-7(14)10-6-11(15)16-12(10)8-2-4-9(13)5-3-8/h2-5,10,12H,6H2,1H3. The number of benzene rings is 1. The van der Waals surface area contributed by atoms with Gasteiger partial charge in [-0.25, -0.2) is 4.39 Å². The fourth-order valence-electron chi connectivity index (χ4n) is 1.87. The Balaban J connectivity index is 2.28. The Morgan fingerprint density at radius 1 is 1.38 bits per heavy atom. The van der Waals surface area contributed by atoms with Crippen LogP contribution in [-0.2, 0) is 14.3 Å². The van der Waals surface area contributed by atoms with Crippen molar-refractivity contribution in [2.45, 2.75) is 19.4 Å². The molecule has 1 aromatic carbocycles. The Hall–Kier alpha value is -1.71. The van der Waals surface area contributed by atoms with Gasteiger partial charge in [0.2, 0.25) is 0 Å². The molecular weight excluding hydrogens is 211 g/mol. The molecule has 0 saturated carbocycles. The van der Waals surface area contributed by atoms with E-state index in [1.54, 1.807) is 0 Å². The summed E-state index contributed by atoms with van der Waals surface area (Å²) in [4.78, 5) is 22.5. The molecule has 1 aliphatic heterocycles. The minimum absolute atomic E-state index is 0.0832. The van der Waals surface area contributed by atoms with Gasteiger partial charge in [0.05, 0.1) is 12.3 Å². The summed E-state index contributed by atoms with van der Waals surface area (Å²) < 4.78 is 17.8. The van der Waals surface area contributed by atoms with Crippen LogP contribution in [0, 0.1) is 11.7 Å². The third-order valence-corrected chi connectivity index (χ3v) is 2.73. The monoisotopic (exact) mass is 222 g/mol. The summed E-state index contributed by atoms with van der Waals surface area (Å²) >= 11 is 0. The fraction of sp³-hybridized carbons (Fsp3) is 0.333. The molecule has 3 nitrogen and oxygen atoms in total. The SMILES string of the molecule is CC(=O)C1CC(=O)OC1c1ccc(F)cc1. The van der Waals surface area contributed by atoms with Gasteiger partial charge in [-0.1, -0.05) is 12.1 Å². The van der Waals surface area contributed by atoms with Crippen molar-refractivity contribution in [1.82, 2.24) is 0 Å². The van der Waals surface area contributed by atoms with E-state index in [9.17, 15) is 14.0 Å². The summed E-state index contributed by atoms with van der Waals surface area (Å²) in [6.45, 7) is 1.43. The van der Waals surface area contributed by atoms with Crippen LogP contribution in [0.25, 0.3) is 0 Å². The highest BCUT2D eigenvalue weighted by Crippen LogP contribution is 2.35. The topological polar surface area (TPSA) is 43.4 Å². The van der Waals surface area contributed by atoms with Crippen LogP contribution in [0.2, 0.25) is 0 Å². The van der Waals surface area contributed by atoms with E-state index in [0.29, 0.717) is 5.56 Å². The Labute approximate surface area is 92.2 Å². The fourth-order valence-corrected chi connectivity index (χ4v) is 1.87. The number of hydrogen-bond acceptors (Lipinski definition) is 3. The molecular formula is C12H11FO3. The Morgan fingerprint density at radius 2 is 2.00 bits per heavy atom. The zero-order chi connectivity index (χ0) is 11.7. The van der Waals surface area contributed by atoms with E-state index in [4.69, 9.17) is 4.74 Å². The lowest BCUT2D eigenvalue weighted by Gasteiger charge is -2.15. The van der Waals surface area contributed by atoms with Crippen LogP contribution in [0.1, 0.15) is 25.0 Å². The lowest BCUT2D eigenvalue weighted by atomic mass is 9.92. The average molecular weight is 222 g/mol. The van der Waals surface area contributed by atoms with Crippen molar-refractivity contribution in [1.29, 1.82) is 0 Å². The van der Waals surface area contributed by atoms with E-state index in [2.05, 4.69) is 0 Å². The largest absolute Gasteiger partial charge is 0.457 e. The number of rotatable bonds is 2. The quantitative estimate of drug-likeness (QED) is 0.719. The van der Waals surface area contributed by atoms with Gasteiger partial charge in [0.15, 0.2) is 0 Å². The molecule has 16 heavy (non-hydrogen) atoms. The van der Waals surface area contributed by atoms with Gasteiger partial charge in [-0.2, -0.15) is 0 Å². The third kappa shape index (κ3) is 1.96. The van der Waals surface area contributed by atoms with Crippen LogP contribution in [0.15, 0.2) is 24.3 Å². The van der Waals surface area contributed by atoms with E-state index in [1.807, 2.05) is 0 Å². The van der Waals surface area contributed by atoms with Gasteiger partial charge in [0.1, 0.15) is 17.7 Å². The van der Waals surface area contributed by atoms with Crippen molar-refractivity contribution in [3.8, 4) is 0 Å². The van der Waals surface area contributed by atoms with Gasteiger partial charge in [-0.15, -0.1) is 0 Å². The predicted octanol–water partition coefficient (Wildman–Crippen LogP) is 2.02. The van der Waals surface area contributed by atoms with E-state index < -0.39 is 12.0 Å². The zero-order valence-electron chi connectivity index (χ0n) is 8.77. The van der Waals surface area contributed by atoms with Crippen molar-refractivity contribution in [3.05, 3.63) is 35.6 Å². The molecule has 84 valence electrons. The second-order valence-corrected chi connectivity index (χ2v) is 3.88. The molecule has 0 bridgehead atoms. The summed E-state index contributed by atoms with van der Waals surface area (Å²) in [5, 5.41) is 0. The first-order chi connectivity index (χ1) is 7.58. The predicted molar refractivity (Wildman–Crippen MR) is 54.0 cm³/mol. The van der Waals surface area contributed by atoms with Crippen molar-refractivity contribution in [2.24, 2.45) is 5.92 Å². The number of Topliss-reactive ketones (excluding diaryl/α,β-unsaturated/α-hetero) is 1. The summed E-state index contributed by atoms with van der Waals surface area (Å²) in [5.74, 6) is -1.26. The first-order valence-corrected chi connectivity index (χ1v) is 5.03. The van der Waals surface area contributed by atoms with Crippen LogP contribution >= 0.6 is 0 Å². The van der Waals surface area contributed by atoms with Crippen LogP contribution in [0.3, 0.4) is 0 Å². The minimum Gasteiger partial charge on any atom is -0.457 e. The molecule has 2 rings (SSSR count). The molecule has 0 aromatic heterocycles. The third-order valence-electron chi connectivity index (χ3n) is 2.73. The van der Waals surface area contributed by atoms with Gasteiger partial charge < -0.3 is 4.74 Å². The molecule has 1 aliphatic rings. The molecule has 0 N–H and O–H groups in total. The maximum absolute atomic E-state index is 12.7. The van der Waals surface area contributed by atoms with Gasteiger partial charge in [-0.3, -0.25) is 9.59 Å². The first kappa shape index (κ1) is 10.8. The summed E-state index contributed by atoms with van der Waals surface area (Å²) in [6.07, 6.45) is -0.456. The van der Waals surface area contributed by atoms with Crippen molar-refractivity contribution >= 4 is 11.8 Å². The number of esters is 1. The molecule has 2 atom stereocenters. The Bertz CT molecular complexity index is 424. The molecule has 0 amide bonds. The number of hydrogen-bond donors (Lipinski definition) is 0. The van der Waals surface area contributed by atoms with Crippen LogP contribution < -0.4 is 0 Å². The number of ketones is 1. The van der Waals surface area contributed by atoms with Gasteiger partial charge in [-0.05, 0) is 24.6 Å². The van der Waals surface area contributed by atoms with Crippen LogP contribution in [0.4, 0.5) is 4.39 Å². The highest BCUT2D eigenvalue weighted by Gasteiger charge is 2.38. The smallest absolute Gasteiger partial charge is 0.307 e. The molecule has 1 aromatic rings. The lowest BCUT2D eigenvalue weighted by Crippen LogP contribution is -2.15. The molecule has 1 saturated heterocycles. The van der Waals surface area contributed by atoms with E-state index in [1.165, 1.54) is 31.2 Å². The highest BCUT2D eigenvalue weighted by molar-refractivity contribution is 5.86. The average Bonchev–Trinajstić information content (AvgIpc) is 2.61. The summed E-state index contributed by atoms with van der Waals surface area (Å²) in [7, 11) is 0. The number of halogens is 1. The maximum atomic E-state index is 12.7. The molecule has 2 unspecified atom stereocenters. The Kier molecular flexibility index (Phi) is 2.73. The number of ether oxygens (including phenoxy) is 1. The molecule has 0 aliphatic carbocycles. The van der Waals surface area contributed by atoms with Crippen molar-refractivity contribution < 1.29 is 18.7 Å². The van der Waals surface area contributed by atoms with Gasteiger partial charge >= 0.3 is 5.97 Å². The molecule has 4 heteroatoms. The molecule has 1 heterocycles. The molecule has 0 spiro atoms. The lowest BCUT2D eigenvalue weighted by molar-refractivity contribution is -0.141. The van der Waals surface area contributed by atoms with Crippen LogP contribution in [0.5, 0.6) is 0 Å². The summed E-state index contributed by atoms with van der Waals surface area (Å²) in [6, 6.07) is 5.65. The first-order valence-electron chi connectivity index (χ1n) is 5.03. The number of carbonyl (C=O) groups excluding carboxylic acids is 2. The Morgan fingerprint density at radius 3 is 2.56 bits per heavy atom. The van der Waals surface area contributed by atoms with E-state index in [-0.39, 0.29) is 24.0 Å². The number of carbonyl (C=O) groups is 2. The summed E-state index contributed by atoms with van der Waals surface area (Å²) in [5.41, 5.74) is 0.660. The minimum atomic E-state index is -0.564. The van der Waals surface area contributed by atoms with E-state index in [0.717, 1.165) is 0 Å². The highest BCUT2D eigenvalue weighted by atomic mass is 19.1.